The topological polar surface area (TPSA) is 89.0 Å². The minimum atomic E-state index is -0.628. The highest BCUT2D eigenvalue weighted by Gasteiger charge is 2.15. The molecule has 1 aromatic rings. The van der Waals surface area contributed by atoms with Gasteiger partial charge in [-0.3, -0.25) is 4.98 Å². The van der Waals surface area contributed by atoms with E-state index in [1.54, 1.807) is 0 Å². The molecule has 1 rings (SSSR count). The van der Waals surface area contributed by atoms with Gasteiger partial charge in [-0.1, -0.05) is 0 Å². The van der Waals surface area contributed by atoms with Crippen molar-refractivity contribution in [3.05, 3.63) is 23.5 Å². The Morgan fingerprint density at radius 3 is 2.92 bits per heavy atom. The van der Waals surface area contributed by atoms with Gasteiger partial charge in [-0.25, -0.2) is 4.79 Å². The molecule has 1 heterocycles. The van der Waals surface area contributed by atoms with Crippen LogP contribution in [-0.2, 0) is 4.74 Å². The number of methoxy groups -OCH3 is 1. The Kier molecular flexibility index (Phi) is 2.45. The second kappa shape index (κ2) is 3.54. The van der Waals surface area contributed by atoms with E-state index in [0.29, 0.717) is 0 Å². The fourth-order valence-corrected chi connectivity index (χ4v) is 0.891. The summed E-state index contributed by atoms with van der Waals surface area (Å²) in [5, 5.41) is 8.63. The summed E-state index contributed by atoms with van der Waals surface area (Å²) in [6.07, 6.45) is 2.57. The van der Waals surface area contributed by atoms with Gasteiger partial charge in [-0.05, 0) is 0 Å². The van der Waals surface area contributed by atoms with Gasteiger partial charge in [0.05, 0.1) is 24.6 Å². The molecule has 0 spiro atoms. The molecule has 5 heteroatoms. The molecular weight excluding hydrogens is 170 g/mol. The van der Waals surface area contributed by atoms with Gasteiger partial charge in [-0.2, -0.15) is 5.26 Å². The number of aromatic nitrogens is 1. The molecule has 2 N–H and O–H groups in total. The van der Waals surface area contributed by atoms with Crippen molar-refractivity contribution >= 4 is 11.7 Å². The zero-order valence-corrected chi connectivity index (χ0v) is 6.94. The van der Waals surface area contributed by atoms with Crippen LogP contribution in [0.1, 0.15) is 15.9 Å². The molecule has 0 radical (unpaired) electrons. The first-order valence-electron chi connectivity index (χ1n) is 3.42. The van der Waals surface area contributed by atoms with E-state index in [1.165, 1.54) is 19.5 Å². The van der Waals surface area contributed by atoms with Crippen LogP contribution in [0.4, 0.5) is 5.69 Å². The van der Waals surface area contributed by atoms with Crippen LogP contribution >= 0.6 is 0 Å². The number of rotatable bonds is 1. The maximum absolute atomic E-state index is 11.1. The second-order valence-electron chi connectivity index (χ2n) is 2.25. The molecular formula is C8H7N3O2. The monoisotopic (exact) mass is 177 g/mol. The van der Waals surface area contributed by atoms with E-state index in [-0.39, 0.29) is 16.8 Å². The molecule has 0 aliphatic carbocycles. The molecule has 0 fully saturated rings. The number of carbonyl (C=O) groups is 1. The van der Waals surface area contributed by atoms with Crippen molar-refractivity contribution < 1.29 is 9.53 Å². The number of nitrogens with two attached hydrogens (primary N) is 1. The largest absolute Gasteiger partial charge is 0.465 e. The lowest BCUT2D eigenvalue weighted by Crippen LogP contribution is -2.08. The summed E-state index contributed by atoms with van der Waals surface area (Å²) in [5.41, 5.74) is 5.79. The first-order valence-corrected chi connectivity index (χ1v) is 3.42. The van der Waals surface area contributed by atoms with Crippen LogP contribution in [-0.4, -0.2) is 18.1 Å². The minimum absolute atomic E-state index is 0.0694. The molecule has 0 aliphatic rings. The lowest BCUT2D eigenvalue weighted by Gasteiger charge is -2.03. The highest BCUT2D eigenvalue weighted by Crippen LogP contribution is 2.15. The quantitative estimate of drug-likeness (QED) is 0.624. The third-order valence-electron chi connectivity index (χ3n) is 1.49. The third-order valence-corrected chi connectivity index (χ3v) is 1.49. The SMILES string of the molecule is COC(=O)c1c(N)cncc1C#N. The molecule has 13 heavy (non-hydrogen) atoms. The van der Waals surface area contributed by atoms with Gasteiger partial charge in [0.2, 0.25) is 0 Å². The second-order valence-corrected chi connectivity index (χ2v) is 2.25. The molecule has 66 valence electrons. The van der Waals surface area contributed by atoms with E-state index in [9.17, 15) is 4.79 Å². The summed E-state index contributed by atoms with van der Waals surface area (Å²) in [5.74, 6) is -0.628. The Hall–Kier alpha value is -2.09. The van der Waals surface area contributed by atoms with Gasteiger partial charge in [-0.15, -0.1) is 0 Å². The summed E-state index contributed by atoms with van der Waals surface area (Å²) in [6, 6.07) is 1.81. The van der Waals surface area contributed by atoms with Crippen molar-refractivity contribution in [2.24, 2.45) is 0 Å². The average Bonchev–Trinajstić information content (AvgIpc) is 2.16. The summed E-state index contributed by atoms with van der Waals surface area (Å²) < 4.78 is 4.46. The molecule has 5 nitrogen and oxygen atoms in total. The van der Waals surface area contributed by atoms with Crippen molar-refractivity contribution in [2.75, 3.05) is 12.8 Å². The average molecular weight is 177 g/mol. The fraction of sp³-hybridized carbons (Fsp3) is 0.125. The van der Waals surface area contributed by atoms with Gasteiger partial charge in [0.15, 0.2) is 0 Å². The van der Waals surface area contributed by atoms with Crippen LogP contribution in [0.2, 0.25) is 0 Å². The number of nitrogen functional groups attached to an aromatic ring is 1. The van der Waals surface area contributed by atoms with Crippen molar-refractivity contribution in [1.29, 1.82) is 5.26 Å². The molecule has 0 aromatic carbocycles. The molecule has 0 bridgehead atoms. The predicted octanol–water partition coefficient (Wildman–Crippen LogP) is 0.322. The van der Waals surface area contributed by atoms with E-state index in [4.69, 9.17) is 11.0 Å². The number of hydrogen-bond acceptors (Lipinski definition) is 5. The van der Waals surface area contributed by atoms with Gasteiger partial charge < -0.3 is 10.5 Å². The third kappa shape index (κ3) is 1.56. The number of carbonyl (C=O) groups excluding carboxylic acids is 1. The van der Waals surface area contributed by atoms with E-state index in [2.05, 4.69) is 9.72 Å². The maximum Gasteiger partial charge on any atom is 0.341 e. The Morgan fingerprint density at radius 1 is 1.69 bits per heavy atom. The lowest BCUT2D eigenvalue weighted by molar-refractivity contribution is 0.0601. The summed E-state index contributed by atoms with van der Waals surface area (Å²) in [7, 11) is 1.23. The Bertz CT molecular complexity index is 381. The van der Waals surface area contributed by atoms with Crippen molar-refractivity contribution in [2.45, 2.75) is 0 Å². The van der Waals surface area contributed by atoms with Crippen LogP contribution in [0.3, 0.4) is 0 Å². The highest BCUT2D eigenvalue weighted by molar-refractivity contribution is 5.97. The van der Waals surface area contributed by atoms with Gasteiger partial charge in [0.25, 0.3) is 0 Å². The number of anilines is 1. The number of nitrogens with zero attached hydrogens (tertiary/aromatic N) is 2. The molecule has 0 atom stereocenters. The molecule has 0 aliphatic heterocycles. The number of esters is 1. The number of nitriles is 1. The van der Waals surface area contributed by atoms with Crippen LogP contribution in [0, 0.1) is 11.3 Å². The normalized spacial score (nSPS) is 8.92. The van der Waals surface area contributed by atoms with Gasteiger partial charge in [0, 0.05) is 6.20 Å². The summed E-state index contributed by atoms with van der Waals surface area (Å²) >= 11 is 0. The smallest absolute Gasteiger partial charge is 0.341 e. The van der Waals surface area contributed by atoms with Crippen LogP contribution in [0.25, 0.3) is 0 Å². The molecule has 0 unspecified atom stereocenters. The maximum atomic E-state index is 11.1. The van der Waals surface area contributed by atoms with E-state index >= 15 is 0 Å². The Labute approximate surface area is 74.8 Å². The number of ether oxygens (including phenoxy) is 1. The lowest BCUT2D eigenvalue weighted by atomic mass is 10.1. The van der Waals surface area contributed by atoms with E-state index in [0.717, 1.165) is 0 Å². The standard InChI is InChI=1S/C8H7N3O2/c1-13-8(12)7-5(2-9)3-11-4-6(7)10/h3-4H,10H2,1H3. The fourth-order valence-electron chi connectivity index (χ4n) is 0.891. The van der Waals surface area contributed by atoms with Crippen LogP contribution < -0.4 is 5.73 Å². The van der Waals surface area contributed by atoms with Crippen molar-refractivity contribution in [1.82, 2.24) is 4.98 Å². The molecule has 0 saturated carbocycles. The van der Waals surface area contributed by atoms with Crippen molar-refractivity contribution in [3.8, 4) is 6.07 Å². The predicted molar refractivity (Wildman–Crippen MR) is 44.7 cm³/mol. The highest BCUT2D eigenvalue weighted by atomic mass is 16.5. The summed E-state index contributed by atoms with van der Waals surface area (Å²) in [4.78, 5) is 14.8. The number of hydrogen-bond donors (Lipinski definition) is 1. The molecule has 0 saturated heterocycles. The van der Waals surface area contributed by atoms with E-state index < -0.39 is 5.97 Å². The van der Waals surface area contributed by atoms with Crippen molar-refractivity contribution in [3.63, 3.8) is 0 Å². The zero-order valence-electron chi connectivity index (χ0n) is 6.94. The summed E-state index contributed by atoms with van der Waals surface area (Å²) in [6.45, 7) is 0. The van der Waals surface area contributed by atoms with Gasteiger partial charge in [0.1, 0.15) is 11.6 Å². The first-order chi connectivity index (χ1) is 6.20. The van der Waals surface area contributed by atoms with Crippen LogP contribution in [0.15, 0.2) is 12.4 Å². The first kappa shape index (κ1) is 9.00. The molecule has 0 amide bonds. The Balaban J connectivity index is 3.33. The number of pyridine rings is 1. The van der Waals surface area contributed by atoms with Crippen LogP contribution in [0.5, 0.6) is 0 Å². The van der Waals surface area contributed by atoms with E-state index in [1.807, 2.05) is 6.07 Å². The molecule has 1 aromatic heterocycles. The minimum Gasteiger partial charge on any atom is -0.465 e. The van der Waals surface area contributed by atoms with Gasteiger partial charge >= 0.3 is 5.97 Å². The Morgan fingerprint density at radius 2 is 2.38 bits per heavy atom. The zero-order chi connectivity index (χ0) is 9.84.